The number of hydrogen-bond acceptors (Lipinski definition) is 4. The van der Waals surface area contributed by atoms with E-state index in [4.69, 9.17) is 23.2 Å². The average Bonchev–Trinajstić information content (AvgIpc) is 3.03. The highest BCUT2D eigenvalue weighted by atomic mass is 35.5. The topological polar surface area (TPSA) is 54.0 Å². The van der Waals surface area contributed by atoms with Gasteiger partial charge in [-0.25, -0.2) is 4.98 Å². The quantitative estimate of drug-likeness (QED) is 0.519. The molecule has 8 heteroatoms. The van der Waals surface area contributed by atoms with Gasteiger partial charge in [0.25, 0.3) is 5.91 Å². The highest BCUT2D eigenvalue weighted by molar-refractivity contribution is 7.15. The number of carbonyl (C=O) groups is 1. The van der Waals surface area contributed by atoms with E-state index in [0.717, 1.165) is 35.6 Å². The molecule has 2 N–H and O–H groups in total. The molecule has 0 aliphatic carbocycles. The zero-order chi connectivity index (χ0) is 19.7. The highest BCUT2D eigenvalue weighted by Crippen LogP contribution is 2.29. The van der Waals surface area contributed by atoms with Crippen molar-refractivity contribution < 1.29 is 4.79 Å². The van der Waals surface area contributed by atoms with Gasteiger partial charge in [-0.1, -0.05) is 35.3 Å². The molecule has 2 heterocycles. The number of thiazole rings is 1. The van der Waals surface area contributed by atoms with Crippen LogP contribution in [-0.2, 0) is 19.4 Å². The van der Waals surface area contributed by atoms with Gasteiger partial charge in [0.2, 0.25) is 0 Å². The average molecular weight is 469 g/mol. The third kappa shape index (κ3) is 5.11. The van der Waals surface area contributed by atoms with Crippen LogP contribution in [-0.4, -0.2) is 17.4 Å². The zero-order valence-corrected chi connectivity index (χ0v) is 18.9. The van der Waals surface area contributed by atoms with Crippen molar-refractivity contribution in [1.82, 2.24) is 10.3 Å². The van der Waals surface area contributed by atoms with Crippen LogP contribution in [0.5, 0.6) is 0 Å². The Kier molecular flexibility index (Phi) is 7.19. The molecule has 1 aliphatic heterocycles. The number of aromatic nitrogens is 1. The number of nitrogens with zero attached hydrogens (tertiary/aromatic N) is 1. The Balaban J connectivity index is 0.00000240. The monoisotopic (exact) mass is 467 g/mol. The van der Waals surface area contributed by atoms with Crippen LogP contribution in [0.15, 0.2) is 36.4 Å². The summed E-state index contributed by atoms with van der Waals surface area (Å²) in [4.78, 5) is 18.3. The number of fused-ring (bicyclic) bond motifs is 1. The van der Waals surface area contributed by atoms with E-state index in [1.165, 1.54) is 22.5 Å². The number of benzene rings is 2. The van der Waals surface area contributed by atoms with Crippen LogP contribution in [0.25, 0.3) is 0 Å². The van der Waals surface area contributed by atoms with Crippen molar-refractivity contribution in [3.05, 3.63) is 79.3 Å². The van der Waals surface area contributed by atoms with Gasteiger partial charge in [-0.3, -0.25) is 10.1 Å². The minimum absolute atomic E-state index is 0. The second-order valence-electron chi connectivity index (χ2n) is 6.82. The van der Waals surface area contributed by atoms with Gasteiger partial charge in [-0.2, -0.15) is 0 Å². The Morgan fingerprint density at radius 1 is 1.17 bits per heavy atom. The maximum Gasteiger partial charge on any atom is 0.257 e. The van der Waals surface area contributed by atoms with Gasteiger partial charge in [0, 0.05) is 23.4 Å². The largest absolute Gasteiger partial charge is 0.312 e. The Hall–Kier alpha value is -1.63. The first-order valence-electron chi connectivity index (χ1n) is 9.03. The summed E-state index contributed by atoms with van der Waals surface area (Å²) in [5, 5.41) is 7.97. The first-order chi connectivity index (χ1) is 13.5. The van der Waals surface area contributed by atoms with Gasteiger partial charge in [0.15, 0.2) is 5.13 Å². The number of nitrogens with one attached hydrogen (secondary N) is 2. The van der Waals surface area contributed by atoms with E-state index in [0.29, 0.717) is 27.2 Å². The molecule has 152 valence electrons. The molecule has 0 unspecified atom stereocenters. The number of amides is 1. The SMILES string of the molecule is Cc1nc(NC(=O)c2ccc3c(c2)CCNC3)sc1Cc1ccc(Cl)c(Cl)c1.Cl. The summed E-state index contributed by atoms with van der Waals surface area (Å²) in [5.74, 6) is -0.129. The predicted molar refractivity (Wildman–Crippen MR) is 123 cm³/mol. The van der Waals surface area contributed by atoms with Gasteiger partial charge >= 0.3 is 0 Å². The Bertz CT molecular complexity index is 1050. The molecule has 4 nitrogen and oxygen atoms in total. The van der Waals surface area contributed by atoms with Crippen LogP contribution < -0.4 is 10.6 Å². The summed E-state index contributed by atoms with van der Waals surface area (Å²) in [6, 6.07) is 11.5. The van der Waals surface area contributed by atoms with Crippen LogP contribution >= 0.6 is 46.9 Å². The van der Waals surface area contributed by atoms with E-state index in [1.807, 2.05) is 37.3 Å². The highest BCUT2D eigenvalue weighted by Gasteiger charge is 2.15. The molecule has 3 aromatic rings. The molecule has 0 atom stereocenters. The number of rotatable bonds is 4. The van der Waals surface area contributed by atoms with Gasteiger partial charge in [-0.05, 0) is 60.8 Å². The standard InChI is InChI=1S/C21H19Cl2N3OS.ClH/c1-12-19(9-13-2-5-17(22)18(23)8-13)28-21(25-12)26-20(27)15-3-4-16-11-24-7-6-14(16)10-15;/h2-5,8,10,24H,6-7,9,11H2,1H3,(H,25,26,27);1H. The fourth-order valence-electron chi connectivity index (χ4n) is 3.27. The van der Waals surface area contributed by atoms with Crippen LogP contribution in [0.4, 0.5) is 5.13 Å². The molecule has 2 aromatic carbocycles. The minimum atomic E-state index is -0.129. The summed E-state index contributed by atoms with van der Waals surface area (Å²) in [6.07, 6.45) is 1.64. The van der Waals surface area contributed by atoms with Gasteiger partial charge in [0.05, 0.1) is 15.7 Å². The third-order valence-corrected chi connectivity index (χ3v) is 6.63. The molecule has 0 fully saturated rings. The van der Waals surface area contributed by atoms with Crippen LogP contribution in [0.3, 0.4) is 0 Å². The summed E-state index contributed by atoms with van der Waals surface area (Å²) >= 11 is 13.6. The van der Waals surface area contributed by atoms with Crippen LogP contribution in [0.1, 0.15) is 37.6 Å². The molecular weight excluding hydrogens is 449 g/mol. The lowest BCUT2D eigenvalue weighted by molar-refractivity contribution is 0.102. The van der Waals surface area contributed by atoms with Crippen LogP contribution in [0, 0.1) is 6.92 Å². The summed E-state index contributed by atoms with van der Waals surface area (Å²) in [7, 11) is 0. The van der Waals surface area contributed by atoms with Crippen molar-refractivity contribution in [3.63, 3.8) is 0 Å². The molecule has 1 amide bonds. The molecule has 4 rings (SSSR count). The van der Waals surface area contributed by atoms with Gasteiger partial charge < -0.3 is 5.32 Å². The molecule has 0 spiro atoms. The molecule has 0 saturated carbocycles. The molecule has 1 aromatic heterocycles. The maximum absolute atomic E-state index is 12.7. The Morgan fingerprint density at radius 3 is 2.79 bits per heavy atom. The Labute approximate surface area is 190 Å². The van der Waals surface area contributed by atoms with E-state index in [-0.39, 0.29) is 18.3 Å². The number of anilines is 1. The van der Waals surface area contributed by atoms with E-state index in [1.54, 1.807) is 6.07 Å². The maximum atomic E-state index is 12.7. The van der Waals surface area contributed by atoms with E-state index < -0.39 is 0 Å². The fraction of sp³-hybridized carbons (Fsp3) is 0.238. The number of halogens is 3. The molecular formula is C21H20Cl3N3OS. The second-order valence-corrected chi connectivity index (χ2v) is 8.72. The predicted octanol–water partition coefficient (Wildman–Crippen LogP) is 5.67. The lowest BCUT2D eigenvalue weighted by atomic mass is 9.98. The molecule has 29 heavy (non-hydrogen) atoms. The van der Waals surface area contributed by atoms with Crippen molar-refractivity contribution >= 4 is 58.0 Å². The van der Waals surface area contributed by atoms with E-state index in [2.05, 4.69) is 15.6 Å². The second kappa shape index (κ2) is 9.45. The number of aryl methyl sites for hydroxylation is 1. The third-order valence-electron chi connectivity index (χ3n) is 4.82. The summed E-state index contributed by atoms with van der Waals surface area (Å²) in [5.41, 5.74) is 5.13. The number of hydrogen-bond donors (Lipinski definition) is 2. The first kappa shape index (κ1) is 22.1. The first-order valence-corrected chi connectivity index (χ1v) is 10.6. The van der Waals surface area contributed by atoms with Crippen LogP contribution in [0.2, 0.25) is 10.0 Å². The van der Waals surface area contributed by atoms with Gasteiger partial charge in [0.1, 0.15) is 0 Å². The van der Waals surface area contributed by atoms with Crippen molar-refractivity contribution in [2.45, 2.75) is 26.3 Å². The molecule has 0 bridgehead atoms. The molecule has 0 saturated heterocycles. The van der Waals surface area contributed by atoms with Crippen molar-refractivity contribution in [2.75, 3.05) is 11.9 Å². The lowest BCUT2D eigenvalue weighted by Gasteiger charge is -2.17. The number of carbonyl (C=O) groups excluding carboxylic acids is 1. The molecule has 0 radical (unpaired) electrons. The Morgan fingerprint density at radius 2 is 2.00 bits per heavy atom. The van der Waals surface area contributed by atoms with Crippen molar-refractivity contribution in [1.29, 1.82) is 0 Å². The van der Waals surface area contributed by atoms with Crippen molar-refractivity contribution in [3.8, 4) is 0 Å². The van der Waals surface area contributed by atoms with E-state index >= 15 is 0 Å². The minimum Gasteiger partial charge on any atom is -0.312 e. The lowest BCUT2D eigenvalue weighted by Crippen LogP contribution is -2.24. The normalized spacial score (nSPS) is 12.8. The van der Waals surface area contributed by atoms with E-state index in [9.17, 15) is 4.79 Å². The summed E-state index contributed by atoms with van der Waals surface area (Å²) < 4.78 is 0. The van der Waals surface area contributed by atoms with Gasteiger partial charge in [-0.15, -0.1) is 23.7 Å². The molecule has 1 aliphatic rings. The zero-order valence-electron chi connectivity index (χ0n) is 15.7. The fourth-order valence-corrected chi connectivity index (χ4v) is 4.58. The smallest absolute Gasteiger partial charge is 0.257 e. The van der Waals surface area contributed by atoms with Crippen molar-refractivity contribution in [2.24, 2.45) is 0 Å². The summed E-state index contributed by atoms with van der Waals surface area (Å²) in [6.45, 7) is 3.76.